The lowest BCUT2D eigenvalue weighted by Gasteiger charge is -2.09. The molecule has 0 fully saturated rings. The van der Waals surface area contributed by atoms with Gasteiger partial charge in [0.1, 0.15) is 0 Å². The molecule has 0 aromatic rings. The van der Waals surface area contributed by atoms with Crippen LogP contribution in [0.5, 0.6) is 0 Å². The lowest BCUT2D eigenvalue weighted by molar-refractivity contribution is 0.383. The molecule has 1 atom stereocenters. The third-order valence-electron chi connectivity index (χ3n) is 2.58. The molecular weight excluding hydrogens is 228 g/mol. The van der Waals surface area contributed by atoms with Crippen LogP contribution in [0.2, 0.25) is 0 Å². The number of nitrogens with zero attached hydrogens (tertiary/aromatic N) is 2. The standard InChI is InChI=1S/C13H28N4O/c1-4-5-9-16-13(18-3)8-6-7-12(15)10-17-11(2)14/h12H,4-10,15H2,1-3H3,(H2,14,17). The normalized spacial score (nSPS) is 14.7. The van der Waals surface area contributed by atoms with Gasteiger partial charge < -0.3 is 16.2 Å². The van der Waals surface area contributed by atoms with Gasteiger partial charge in [-0.15, -0.1) is 0 Å². The number of aliphatic imine (C=N–C) groups is 2. The Morgan fingerprint density at radius 2 is 2.00 bits per heavy atom. The van der Waals surface area contributed by atoms with Crippen molar-refractivity contribution in [3.63, 3.8) is 0 Å². The van der Waals surface area contributed by atoms with E-state index in [1.807, 2.05) is 0 Å². The van der Waals surface area contributed by atoms with Crippen LogP contribution in [-0.4, -0.2) is 38.0 Å². The third-order valence-corrected chi connectivity index (χ3v) is 2.58. The zero-order chi connectivity index (χ0) is 13.8. The number of rotatable bonds is 9. The molecule has 0 bridgehead atoms. The molecule has 0 rings (SSSR count). The molecule has 0 amide bonds. The second-order valence-corrected chi connectivity index (χ2v) is 4.47. The highest BCUT2D eigenvalue weighted by molar-refractivity contribution is 5.77. The molecule has 0 radical (unpaired) electrons. The highest BCUT2D eigenvalue weighted by atomic mass is 16.5. The summed E-state index contributed by atoms with van der Waals surface area (Å²) in [4.78, 5) is 8.52. The smallest absolute Gasteiger partial charge is 0.182 e. The van der Waals surface area contributed by atoms with E-state index in [0.717, 1.165) is 44.5 Å². The van der Waals surface area contributed by atoms with Crippen molar-refractivity contribution in [1.29, 1.82) is 0 Å². The monoisotopic (exact) mass is 256 g/mol. The fraction of sp³-hybridized carbons (Fsp3) is 0.846. The maximum absolute atomic E-state index is 5.93. The van der Waals surface area contributed by atoms with E-state index in [-0.39, 0.29) is 6.04 Å². The first-order valence-electron chi connectivity index (χ1n) is 6.69. The summed E-state index contributed by atoms with van der Waals surface area (Å²) in [6.07, 6.45) is 4.99. The van der Waals surface area contributed by atoms with E-state index in [1.165, 1.54) is 0 Å². The van der Waals surface area contributed by atoms with Gasteiger partial charge in [0.15, 0.2) is 5.90 Å². The van der Waals surface area contributed by atoms with Crippen LogP contribution in [0.4, 0.5) is 0 Å². The first kappa shape index (κ1) is 16.9. The van der Waals surface area contributed by atoms with Gasteiger partial charge in [0, 0.05) is 19.0 Å². The number of nitrogens with two attached hydrogens (primary N) is 2. The molecule has 5 heteroatoms. The van der Waals surface area contributed by atoms with Gasteiger partial charge in [0.25, 0.3) is 0 Å². The fourth-order valence-corrected chi connectivity index (χ4v) is 1.48. The first-order valence-corrected chi connectivity index (χ1v) is 6.69. The Labute approximate surface area is 111 Å². The Morgan fingerprint density at radius 1 is 1.28 bits per heavy atom. The van der Waals surface area contributed by atoms with E-state index in [4.69, 9.17) is 16.2 Å². The van der Waals surface area contributed by atoms with Crippen molar-refractivity contribution in [2.75, 3.05) is 20.2 Å². The SMILES string of the molecule is CCCCN=C(CCCC(N)CN=C(C)N)OC. The van der Waals surface area contributed by atoms with Crippen molar-refractivity contribution in [2.24, 2.45) is 21.5 Å². The molecule has 0 saturated heterocycles. The van der Waals surface area contributed by atoms with Crippen LogP contribution < -0.4 is 11.5 Å². The van der Waals surface area contributed by atoms with E-state index in [9.17, 15) is 0 Å². The second kappa shape index (κ2) is 11.0. The van der Waals surface area contributed by atoms with Crippen molar-refractivity contribution in [1.82, 2.24) is 0 Å². The zero-order valence-electron chi connectivity index (χ0n) is 12.0. The van der Waals surface area contributed by atoms with E-state index in [1.54, 1.807) is 14.0 Å². The molecule has 0 aliphatic carbocycles. The van der Waals surface area contributed by atoms with E-state index in [2.05, 4.69) is 16.9 Å². The van der Waals surface area contributed by atoms with Crippen LogP contribution in [0.3, 0.4) is 0 Å². The van der Waals surface area contributed by atoms with Crippen LogP contribution in [0.25, 0.3) is 0 Å². The van der Waals surface area contributed by atoms with E-state index >= 15 is 0 Å². The van der Waals surface area contributed by atoms with Crippen LogP contribution in [0.1, 0.15) is 46.0 Å². The molecule has 106 valence electrons. The second-order valence-electron chi connectivity index (χ2n) is 4.47. The Morgan fingerprint density at radius 3 is 2.56 bits per heavy atom. The first-order chi connectivity index (χ1) is 8.60. The van der Waals surface area contributed by atoms with Gasteiger partial charge in [-0.25, -0.2) is 0 Å². The summed E-state index contributed by atoms with van der Waals surface area (Å²) in [5, 5.41) is 0. The van der Waals surface area contributed by atoms with Crippen molar-refractivity contribution in [3.05, 3.63) is 0 Å². The number of hydrogen-bond acceptors (Lipinski definition) is 4. The molecular formula is C13H28N4O. The summed E-state index contributed by atoms with van der Waals surface area (Å²) in [5.74, 6) is 1.42. The summed E-state index contributed by atoms with van der Waals surface area (Å²) >= 11 is 0. The predicted octanol–water partition coefficient (Wildman–Crippen LogP) is 1.71. The molecule has 0 aromatic carbocycles. The van der Waals surface area contributed by atoms with Gasteiger partial charge in [-0.05, 0) is 26.2 Å². The van der Waals surface area contributed by atoms with Gasteiger partial charge in [0.05, 0.1) is 19.5 Å². The maximum atomic E-state index is 5.93. The average molecular weight is 256 g/mol. The summed E-state index contributed by atoms with van der Waals surface area (Å²) in [6, 6.07) is 0.0669. The Balaban J connectivity index is 3.79. The molecule has 0 heterocycles. The van der Waals surface area contributed by atoms with E-state index in [0.29, 0.717) is 12.4 Å². The molecule has 0 saturated carbocycles. The highest BCUT2D eigenvalue weighted by Gasteiger charge is 2.04. The van der Waals surface area contributed by atoms with Crippen molar-refractivity contribution in [3.8, 4) is 0 Å². The molecule has 1 unspecified atom stereocenters. The van der Waals surface area contributed by atoms with Crippen LogP contribution in [-0.2, 0) is 4.74 Å². The van der Waals surface area contributed by atoms with Gasteiger partial charge in [-0.3, -0.25) is 9.98 Å². The zero-order valence-corrected chi connectivity index (χ0v) is 12.0. The van der Waals surface area contributed by atoms with Crippen molar-refractivity contribution < 1.29 is 4.74 Å². The fourth-order valence-electron chi connectivity index (χ4n) is 1.48. The lowest BCUT2D eigenvalue weighted by atomic mass is 10.1. The number of amidine groups is 1. The van der Waals surface area contributed by atoms with Crippen LogP contribution >= 0.6 is 0 Å². The average Bonchev–Trinajstić information content (AvgIpc) is 2.34. The van der Waals surface area contributed by atoms with Gasteiger partial charge in [-0.1, -0.05) is 13.3 Å². The Kier molecular flexibility index (Phi) is 10.3. The molecule has 0 aliphatic rings. The quantitative estimate of drug-likeness (QED) is 0.374. The third kappa shape index (κ3) is 10.1. The summed E-state index contributed by atoms with van der Waals surface area (Å²) in [6.45, 7) is 5.37. The van der Waals surface area contributed by atoms with Crippen molar-refractivity contribution in [2.45, 2.75) is 52.0 Å². The Bertz CT molecular complexity index is 260. The summed E-state index contributed by atoms with van der Waals surface area (Å²) in [5.41, 5.74) is 11.4. The number of unbranched alkanes of at least 4 members (excludes halogenated alkanes) is 1. The predicted molar refractivity (Wildman–Crippen MR) is 78.2 cm³/mol. The number of hydrogen-bond donors (Lipinski definition) is 2. The van der Waals surface area contributed by atoms with Crippen molar-refractivity contribution >= 4 is 11.7 Å². The van der Waals surface area contributed by atoms with Crippen LogP contribution in [0, 0.1) is 0 Å². The molecule has 5 nitrogen and oxygen atoms in total. The number of methoxy groups -OCH3 is 1. The highest BCUT2D eigenvalue weighted by Crippen LogP contribution is 2.03. The van der Waals surface area contributed by atoms with Gasteiger partial charge >= 0.3 is 0 Å². The lowest BCUT2D eigenvalue weighted by Crippen LogP contribution is -2.25. The largest absolute Gasteiger partial charge is 0.484 e. The minimum atomic E-state index is 0.0669. The molecule has 0 aliphatic heterocycles. The summed E-state index contributed by atoms with van der Waals surface area (Å²) < 4.78 is 5.24. The van der Waals surface area contributed by atoms with Gasteiger partial charge in [-0.2, -0.15) is 0 Å². The Hall–Kier alpha value is -1.10. The molecule has 4 N–H and O–H groups in total. The molecule has 18 heavy (non-hydrogen) atoms. The molecule has 0 spiro atoms. The minimum absolute atomic E-state index is 0.0669. The summed E-state index contributed by atoms with van der Waals surface area (Å²) in [7, 11) is 1.67. The maximum Gasteiger partial charge on any atom is 0.182 e. The van der Waals surface area contributed by atoms with E-state index < -0.39 is 0 Å². The molecule has 0 aromatic heterocycles. The van der Waals surface area contributed by atoms with Gasteiger partial charge in [0.2, 0.25) is 0 Å². The topological polar surface area (TPSA) is 86.0 Å². The minimum Gasteiger partial charge on any atom is -0.484 e. The van der Waals surface area contributed by atoms with Crippen LogP contribution in [0.15, 0.2) is 9.98 Å². The number of ether oxygens (including phenoxy) is 1.